The van der Waals surface area contributed by atoms with Crippen molar-refractivity contribution < 1.29 is 9.59 Å². The van der Waals surface area contributed by atoms with Gasteiger partial charge in [0.15, 0.2) is 0 Å². The van der Waals surface area contributed by atoms with Crippen molar-refractivity contribution in [3.8, 4) is 6.07 Å². The molecular weight excluding hydrogens is 342 g/mol. The number of likely N-dealkylation sites (tertiary alicyclic amines) is 1. The summed E-state index contributed by atoms with van der Waals surface area (Å²) in [6.45, 7) is 4.81. The van der Waals surface area contributed by atoms with Crippen molar-refractivity contribution in [3.05, 3.63) is 23.5 Å². The Morgan fingerprint density at radius 1 is 1.41 bits per heavy atom. The lowest BCUT2D eigenvalue weighted by Crippen LogP contribution is -2.66. The van der Waals surface area contributed by atoms with E-state index in [1.807, 2.05) is 12.3 Å². The monoisotopic (exact) mass is 369 g/mol. The number of amides is 2. The molecule has 0 aliphatic carbocycles. The summed E-state index contributed by atoms with van der Waals surface area (Å²) in [7, 11) is 0. The number of nitrogens with zero attached hydrogens (tertiary/aromatic N) is 3. The highest BCUT2D eigenvalue weighted by Gasteiger charge is 2.49. The van der Waals surface area contributed by atoms with E-state index in [1.165, 1.54) is 6.92 Å². The van der Waals surface area contributed by atoms with Crippen LogP contribution in [0.4, 0.5) is 0 Å². The first kappa shape index (κ1) is 18.1. The fourth-order valence-electron chi connectivity index (χ4n) is 5.37. The fraction of sp³-hybridized carbons (Fsp3) is 0.650. The molecule has 0 spiro atoms. The number of piperidine rings is 3. The lowest BCUT2D eigenvalue weighted by Gasteiger charge is -2.56. The van der Waals surface area contributed by atoms with Crippen LogP contribution in [0.1, 0.15) is 43.9 Å². The molecule has 144 valence electrons. The largest absolute Gasteiger partial charge is 0.354 e. The van der Waals surface area contributed by atoms with Gasteiger partial charge in [-0.15, -0.1) is 0 Å². The molecule has 4 heterocycles. The summed E-state index contributed by atoms with van der Waals surface area (Å²) in [4.78, 5) is 31.8. The maximum atomic E-state index is 12.7. The molecule has 0 radical (unpaired) electrons. The van der Waals surface area contributed by atoms with Crippen LogP contribution >= 0.6 is 0 Å². The van der Waals surface area contributed by atoms with Crippen LogP contribution in [0, 0.1) is 23.2 Å². The minimum Gasteiger partial charge on any atom is -0.354 e. The van der Waals surface area contributed by atoms with E-state index in [9.17, 15) is 9.59 Å². The van der Waals surface area contributed by atoms with Crippen LogP contribution in [0.25, 0.3) is 0 Å². The third kappa shape index (κ3) is 3.59. The second-order valence-corrected chi connectivity index (χ2v) is 8.25. The molecule has 4 atom stereocenters. The van der Waals surface area contributed by atoms with Gasteiger partial charge in [0, 0.05) is 51.8 Å². The number of aromatic amines is 1. The quantitative estimate of drug-likeness (QED) is 0.835. The molecule has 1 aromatic heterocycles. The molecule has 0 saturated carbocycles. The number of carbonyl (C=O) groups is 2. The van der Waals surface area contributed by atoms with E-state index in [4.69, 9.17) is 5.26 Å². The van der Waals surface area contributed by atoms with Crippen LogP contribution in [-0.2, 0) is 16.1 Å². The van der Waals surface area contributed by atoms with Crippen molar-refractivity contribution >= 4 is 11.8 Å². The van der Waals surface area contributed by atoms with E-state index in [-0.39, 0.29) is 17.9 Å². The molecule has 2 bridgehead atoms. The summed E-state index contributed by atoms with van der Waals surface area (Å²) in [5.74, 6) is 1.09. The number of hydrogen-bond acceptors (Lipinski definition) is 4. The Bertz CT molecular complexity index is 767. The van der Waals surface area contributed by atoms with Crippen LogP contribution in [0.15, 0.2) is 12.3 Å². The minimum atomic E-state index is -0.0397. The Hall–Kier alpha value is -2.33. The maximum Gasteiger partial charge on any atom is 0.223 e. The van der Waals surface area contributed by atoms with Crippen LogP contribution < -0.4 is 5.32 Å². The van der Waals surface area contributed by atoms with Crippen molar-refractivity contribution in [1.29, 1.82) is 5.26 Å². The molecular formula is C20H27N5O2. The second-order valence-electron chi connectivity index (χ2n) is 8.25. The number of nitriles is 1. The Balaban J connectivity index is 1.53. The topological polar surface area (TPSA) is 92.2 Å². The van der Waals surface area contributed by atoms with Gasteiger partial charge in [-0.1, -0.05) is 0 Å². The van der Waals surface area contributed by atoms with Crippen LogP contribution in [-0.4, -0.2) is 58.3 Å². The molecule has 4 rings (SSSR count). The van der Waals surface area contributed by atoms with E-state index in [2.05, 4.69) is 26.2 Å². The van der Waals surface area contributed by atoms with Gasteiger partial charge in [0.25, 0.3) is 0 Å². The summed E-state index contributed by atoms with van der Waals surface area (Å²) in [6.07, 6.45) is 5.71. The average molecular weight is 369 g/mol. The van der Waals surface area contributed by atoms with Gasteiger partial charge < -0.3 is 15.2 Å². The van der Waals surface area contributed by atoms with Gasteiger partial charge in [0.2, 0.25) is 11.8 Å². The van der Waals surface area contributed by atoms with Gasteiger partial charge in [-0.05, 0) is 42.7 Å². The molecule has 3 saturated heterocycles. The Labute approximate surface area is 159 Å². The van der Waals surface area contributed by atoms with Crippen molar-refractivity contribution in [2.75, 3.05) is 19.6 Å². The van der Waals surface area contributed by atoms with E-state index >= 15 is 0 Å². The number of nitrogens with one attached hydrogen (secondary N) is 2. The van der Waals surface area contributed by atoms with Crippen LogP contribution in [0.5, 0.6) is 0 Å². The first-order valence-corrected chi connectivity index (χ1v) is 9.90. The van der Waals surface area contributed by atoms with Crippen molar-refractivity contribution in [3.63, 3.8) is 0 Å². The van der Waals surface area contributed by atoms with Gasteiger partial charge in [0.1, 0.15) is 11.8 Å². The highest BCUT2D eigenvalue weighted by Crippen LogP contribution is 2.41. The first-order valence-electron chi connectivity index (χ1n) is 9.90. The molecule has 3 fully saturated rings. The molecule has 2 amide bonds. The summed E-state index contributed by atoms with van der Waals surface area (Å²) < 4.78 is 0. The van der Waals surface area contributed by atoms with E-state index in [0.717, 1.165) is 44.5 Å². The Morgan fingerprint density at radius 2 is 2.22 bits per heavy atom. The molecule has 3 aliphatic rings. The Morgan fingerprint density at radius 3 is 2.96 bits per heavy atom. The predicted molar refractivity (Wildman–Crippen MR) is 99.3 cm³/mol. The highest BCUT2D eigenvalue weighted by molar-refractivity contribution is 5.78. The number of rotatable bonds is 4. The van der Waals surface area contributed by atoms with E-state index in [0.29, 0.717) is 36.5 Å². The number of hydrogen-bond donors (Lipinski definition) is 2. The summed E-state index contributed by atoms with van der Waals surface area (Å²) in [5.41, 5.74) is 1.72. The summed E-state index contributed by atoms with van der Waals surface area (Å²) in [6, 6.07) is 4.44. The van der Waals surface area contributed by atoms with Crippen molar-refractivity contribution in [2.45, 2.75) is 51.2 Å². The third-order valence-corrected chi connectivity index (χ3v) is 6.40. The SMILES string of the molecule is CC(=O)NC[C@H]1[C@H]2C[C@H](CN(Cc3c[nH]c(C#N)c3)C2)[C@@H]2CCCC(=O)N21. The van der Waals surface area contributed by atoms with E-state index < -0.39 is 0 Å². The average Bonchev–Trinajstić information content (AvgIpc) is 3.09. The van der Waals surface area contributed by atoms with Gasteiger partial charge in [0.05, 0.1) is 6.04 Å². The normalized spacial score (nSPS) is 30.5. The predicted octanol–water partition coefficient (Wildman–Crippen LogP) is 1.22. The molecule has 27 heavy (non-hydrogen) atoms. The zero-order valence-electron chi connectivity index (χ0n) is 15.8. The third-order valence-electron chi connectivity index (χ3n) is 6.40. The number of aromatic nitrogens is 1. The molecule has 7 nitrogen and oxygen atoms in total. The molecule has 3 aliphatic heterocycles. The van der Waals surface area contributed by atoms with Gasteiger partial charge >= 0.3 is 0 Å². The zero-order chi connectivity index (χ0) is 19.0. The molecule has 1 aromatic rings. The number of H-pyrrole nitrogens is 1. The lowest BCUT2D eigenvalue weighted by molar-refractivity contribution is -0.153. The minimum absolute atomic E-state index is 0.0397. The number of fused-ring (bicyclic) bond motifs is 4. The molecule has 0 unspecified atom stereocenters. The first-order chi connectivity index (χ1) is 13.0. The zero-order valence-corrected chi connectivity index (χ0v) is 15.8. The number of carbonyl (C=O) groups excluding carboxylic acids is 2. The summed E-state index contributed by atoms with van der Waals surface area (Å²) in [5, 5.41) is 12.0. The van der Waals surface area contributed by atoms with Crippen LogP contribution in [0.2, 0.25) is 0 Å². The Kier molecular flexibility index (Phi) is 4.92. The smallest absolute Gasteiger partial charge is 0.223 e. The van der Waals surface area contributed by atoms with Gasteiger partial charge in [-0.3, -0.25) is 14.5 Å². The maximum absolute atomic E-state index is 12.7. The lowest BCUT2D eigenvalue weighted by atomic mass is 9.72. The van der Waals surface area contributed by atoms with E-state index in [1.54, 1.807) is 0 Å². The van der Waals surface area contributed by atoms with Crippen LogP contribution in [0.3, 0.4) is 0 Å². The standard InChI is InChI=1S/C20H27N5O2/c1-13(26)22-9-19-16-6-15(18-3-2-4-20(27)25(18)19)11-24(12-16)10-14-5-17(7-21)23-8-14/h5,8,15-16,18-19,23H,2-4,6,9-12H2,1H3,(H,22,26)/t15-,16+,18+,19+/m1/s1. The van der Waals surface area contributed by atoms with Gasteiger partial charge in [-0.25, -0.2) is 0 Å². The van der Waals surface area contributed by atoms with Crippen molar-refractivity contribution in [2.24, 2.45) is 11.8 Å². The molecule has 0 aromatic carbocycles. The molecule has 7 heteroatoms. The van der Waals surface area contributed by atoms with Gasteiger partial charge in [-0.2, -0.15) is 5.26 Å². The molecule has 2 N–H and O–H groups in total. The highest BCUT2D eigenvalue weighted by atomic mass is 16.2. The second kappa shape index (κ2) is 7.35. The van der Waals surface area contributed by atoms with Crippen molar-refractivity contribution in [1.82, 2.24) is 20.1 Å². The fourth-order valence-corrected chi connectivity index (χ4v) is 5.37. The summed E-state index contributed by atoms with van der Waals surface area (Å²) >= 11 is 0.